The molecule has 0 aliphatic heterocycles. The monoisotopic (exact) mass is 283 g/mol. The summed E-state index contributed by atoms with van der Waals surface area (Å²) in [5.41, 5.74) is 1.77. The Kier molecular flexibility index (Phi) is 7.55. The molecule has 0 radical (unpaired) electrons. The number of aliphatic hydroxyl groups is 1. The highest BCUT2D eigenvalue weighted by Crippen LogP contribution is 2.11. The minimum absolute atomic E-state index is 0.0286. The summed E-state index contributed by atoms with van der Waals surface area (Å²) in [5.74, 6) is 0.762. The van der Waals surface area contributed by atoms with Crippen molar-refractivity contribution in [3.8, 4) is 0 Å². The van der Waals surface area contributed by atoms with Crippen LogP contribution in [0.3, 0.4) is 0 Å². The SMILES string of the molecule is COCC(CCO)NC(=O)c1cccc(CSC)c1. The number of methoxy groups -OCH3 is 1. The molecular weight excluding hydrogens is 262 g/mol. The van der Waals surface area contributed by atoms with Crippen molar-refractivity contribution in [2.75, 3.05) is 26.6 Å². The van der Waals surface area contributed by atoms with E-state index in [-0.39, 0.29) is 18.6 Å². The van der Waals surface area contributed by atoms with Crippen molar-refractivity contribution < 1.29 is 14.6 Å². The maximum absolute atomic E-state index is 12.1. The number of nitrogens with one attached hydrogen (secondary N) is 1. The normalized spacial score (nSPS) is 12.2. The van der Waals surface area contributed by atoms with Crippen LogP contribution in [0.25, 0.3) is 0 Å². The van der Waals surface area contributed by atoms with Gasteiger partial charge in [0.25, 0.3) is 5.91 Å². The van der Waals surface area contributed by atoms with Crippen molar-refractivity contribution in [3.05, 3.63) is 35.4 Å². The first-order valence-corrected chi connectivity index (χ1v) is 7.59. The Morgan fingerprint density at radius 1 is 1.53 bits per heavy atom. The molecule has 0 saturated heterocycles. The zero-order valence-electron chi connectivity index (χ0n) is 11.4. The quantitative estimate of drug-likeness (QED) is 0.762. The summed E-state index contributed by atoms with van der Waals surface area (Å²) in [6.45, 7) is 0.428. The van der Waals surface area contributed by atoms with Crippen LogP contribution >= 0.6 is 11.8 Å². The van der Waals surface area contributed by atoms with Crippen LogP contribution < -0.4 is 5.32 Å². The molecule has 1 atom stereocenters. The molecule has 0 bridgehead atoms. The molecule has 1 amide bonds. The molecule has 0 aliphatic rings. The van der Waals surface area contributed by atoms with Crippen LogP contribution in [0.2, 0.25) is 0 Å². The number of thioether (sulfide) groups is 1. The second-order valence-corrected chi connectivity index (χ2v) is 5.14. The number of carbonyl (C=O) groups excluding carboxylic acids is 1. The molecular formula is C14H21NO3S. The molecule has 106 valence electrons. The summed E-state index contributed by atoms with van der Waals surface area (Å²) in [6, 6.07) is 7.42. The zero-order valence-corrected chi connectivity index (χ0v) is 12.2. The van der Waals surface area contributed by atoms with Gasteiger partial charge in [0.15, 0.2) is 0 Å². The van der Waals surface area contributed by atoms with E-state index in [1.807, 2.05) is 24.5 Å². The Hall–Kier alpha value is -1.04. The fraction of sp³-hybridized carbons (Fsp3) is 0.500. The lowest BCUT2D eigenvalue weighted by Gasteiger charge is -2.17. The van der Waals surface area contributed by atoms with Crippen molar-refractivity contribution in [1.29, 1.82) is 0 Å². The van der Waals surface area contributed by atoms with Gasteiger partial charge in [-0.1, -0.05) is 12.1 Å². The van der Waals surface area contributed by atoms with Crippen LogP contribution in [0.1, 0.15) is 22.3 Å². The molecule has 19 heavy (non-hydrogen) atoms. The van der Waals surface area contributed by atoms with E-state index in [0.29, 0.717) is 18.6 Å². The first kappa shape index (κ1) is 16.0. The highest BCUT2D eigenvalue weighted by atomic mass is 32.2. The number of benzene rings is 1. The molecule has 0 aromatic heterocycles. The van der Waals surface area contributed by atoms with Crippen LogP contribution in [-0.2, 0) is 10.5 Å². The van der Waals surface area contributed by atoms with Crippen LogP contribution in [0.4, 0.5) is 0 Å². The molecule has 0 aliphatic carbocycles. The average Bonchev–Trinajstić information content (AvgIpc) is 2.40. The average molecular weight is 283 g/mol. The molecule has 1 unspecified atom stereocenters. The van der Waals surface area contributed by atoms with E-state index in [9.17, 15) is 4.79 Å². The smallest absolute Gasteiger partial charge is 0.251 e. The van der Waals surface area contributed by atoms with Crippen LogP contribution in [0.15, 0.2) is 24.3 Å². The van der Waals surface area contributed by atoms with E-state index in [4.69, 9.17) is 9.84 Å². The van der Waals surface area contributed by atoms with Gasteiger partial charge in [-0.3, -0.25) is 4.79 Å². The van der Waals surface area contributed by atoms with Gasteiger partial charge in [0, 0.05) is 25.0 Å². The summed E-state index contributed by atoms with van der Waals surface area (Å²) in [4.78, 5) is 12.1. The minimum Gasteiger partial charge on any atom is -0.396 e. The topological polar surface area (TPSA) is 58.6 Å². The van der Waals surface area contributed by atoms with Crippen molar-refractivity contribution in [1.82, 2.24) is 5.32 Å². The number of aliphatic hydroxyl groups excluding tert-OH is 1. The molecule has 1 rings (SSSR count). The fourth-order valence-corrected chi connectivity index (χ4v) is 2.30. The van der Waals surface area contributed by atoms with Gasteiger partial charge in [-0.25, -0.2) is 0 Å². The molecule has 5 heteroatoms. The van der Waals surface area contributed by atoms with Gasteiger partial charge in [-0.15, -0.1) is 0 Å². The van der Waals surface area contributed by atoms with E-state index in [0.717, 1.165) is 11.3 Å². The Morgan fingerprint density at radius 3 is 2.95 bits per heavy atom. The van der Waals surface area contributed by atoms with Crippen LogP contribution in [-0.4, -0.2) is 43.6 Å². The maximum Gasteiger partial charge on any atom is 0.251 e. The Labute approximate surface area is 118 Å². The van der Waals surface area contributed by atoms with Gasteiger partial charge in [0.2, 0.25) is 0 Å². The fourth-order valence-electron chi connectivity index (χ4n) is 1.79. The van der Waals surface area contributed by atoms with E-state index < -0.39 is 0 Å². The van der Waals surface area contributed by atoms with Gasteiger partial charge in [0.05, 0.1) is 12.6 Å². The summed E-state index contributed by atoms with van der Waals surface area (Å²) in [6.07, 6.45) is 2.52. The molecule has 2 N–H and O–H groups in total. The number of hydrogen-bond donors (Lipinski definition) is 2. The highest BCUT2D eigenvalue weighted by Gasteiger charge is 2.13. The van der Waals surface area contributed by atoms with Crippen molar-refractivity contribution in [2.24, 2.45) is 0 Å². The Balaban J connectivity index is 2.67. The van der Waals surface area contributed by atoms with Crippen molar-refractivity contribution in [2.45, 2.75) is 18.2 Å². The first-order valence-electron chi connectivity index (χ1n) is 6.19. The van der Waals surface area contributed by atoms with Crippen molar-refractivity contribution >= 4 is 17.7 Å². The second-order valence-electron chi connectivity index (χ2n) is 4.27. The van der Waals surface area contributed by atoms with Gasteiger partial charge >= 0.3 is 0 Å². The summed E-state index contributed by atoms with van der Waals surface area (Å²) >= 11 is 1.72. The molecule has 1 aromatic rings. The molecule has 0 saturated carbocycles. The van der Waals surface area contributed by atoms with Gasteiger partial charge in [0.1, 0.15) is 0 Å². The predicted octanol–water partition coefficient (Wildman–Crippen LogP) is 1.68. The standard InChI is InChI=1S/C14H21NO3S/c1-18-9-13(6-7-16)15-14(17)12-5-3-4-11(8-12)10-19-2/h3-5,8,13,16H,6-7,9-10H2,1-2H3,(H,15,17). The van der Waals surface area contributed by atoms with Crippen LogP contribution in [0, 0.1) is 0 Å². The van der Waals surface area contributed by atoms with Crippen molar-refractivity contribution in [3.63, 3.8) is 0 Å². The molecule has 0 spiro atoms. The number of rotatable bonds is 8. The Morgan fingerprint density at radius 2 is 2.32 bits per heavy atom. The number of hydrogen-bond acceptors (Lipinski definition) is 4. The van der Waals surface area contributed by atoms with Crippen LogP contribution in [0.5, 0.6) is 0 Å². The minimum atomic E-state index is -0.160. The van der Waals surface area contributed by atoms with Gasteiger partial charge < -0.3 is 15.2 Å². The van der Waals surface area contributed by atoms with Gasteiger partial charge in [-0.2, -0.15) is 11.8 Å². The number of carbonyl (C=O) groups is 1. The third-order valence-corrected chi connectivity index (χ3v) is 3.30. The largest absolute Gasteiger partial charge is 0.396 e. The summed E-state index contributed by atoms with van der Waals surface area (Å²) < 4.78 is 5.03. The van der Waals surface area contributed by atoms with E-state index >= 15 is 0 Å². The Bertz CT molecular complexity index is 392. The van der Waals surface area contributed by atoms with Gasteiger partial charge in [-0.05, 0) is 30.4 Å². The number of amides is 1. The third kappa shape index (κ3) is 5.63. The highest BCUT2D eigenvalue weighted by molar-refractivity contribution is 7.97. The maximum atomic E-state index is 12.1. The molecule has 4 nitrogen and oxygen atoms in total. The molecule has 1 aromatic carbocycles. The predicted molar refractivity (Wildman–Crippen MR) is 78.5 cm³/mol. The molecule has 0 heterocycles. The van der Waals surface area contributed by atoms with E-state index in [2.05, 4.69) is 5.32 Å². The second kappa shape index (κ2) is 8.96. The lowest BCUT2D eigenvalue weighted by Crippen LogP contribution is -2.38. The lowest BCUT2D eigenvalue weighted by atomic mass is 10.1. The molecule has 0 fully saturated rings. The number of ether oxygens (including phenoxy) is 1. The zero-order chi connectivity index (χ0) is 14.1. The third-order valence-electron chi connectivity index (χ3n) is 2.68. The van der Waals surface area contributed by atoms with E-state index in [1.165, 1.54) is 0 Å². The summed E-state index contributed by atoms with van der Waals surface area (Å²) in [5, 5.41) is 11.8. The lowest BCUT2D eigenvalue weighted by molar-refractivity contribution is 0.0878. The first-order chi connectivity index (χ1) is 9.21. The summed E-state index contributed by atoms with van der Waals surface area (Å²) in [7, 11) is 1.58. The van der Waals surface area contributed by atoms with E-state index in [1.54, 1.807) is 24.9 Å².